The molecule has 0 spiro atoms. The van der Waals surface area contributed by atoms with Crippen LogP contribution in [0.2, 0.25) is 0 Å². The van der Waals surface area contributed by atoms with E-state index in [9.17, 15) is 9.59 Å². The molecule has 0 atom stereocenters. The smallest absolute Gasteiger partial charge is 0.343 e. The highest BCUT2D eigenvalue weighted by Gasteiger charge is 2.26. The molecule has 168 valence electrons. The lowest BCUT2D eigenvalue weighted by Crippen LogP contribution is -2.09. The van der Waals surface area contributed by atoms with Gasteiger partial charge in [-0.15, -0.1) is 0 Å². The molecule has 5 rings (SSSR count). The van der Waals surface area contributed by atoms with Crippen LogP contribution in [0.4, 0.5) is 0 Å². The lowest BCUT2D eigenvalue weighted by atomic mass is 10.0. The Bertz CT molecular complexity index is 1540. The molecule has 4 aromatic carbocycles. The lowest BCUT2D eigenvalue weighted by Gasteiger charge is -2.09. The van der Waals surface area contributed by atoms with Gasteiger partial charge in [0.05, 0.1) is 12.2 Å². The molecule has 0 saturated heterocycles. The minimum atomic E-state index is -0.504. The van der Waals surface area contributed by atoms with E-state index in [1.54, 1.807) is 31.2 Å². The normalized spacial score (nSPS) is 11.0. The average molecular weight is 515 g/mol. The number of rotatable bonds is 5. The molecular formula is C28H19BrO5. The summed E-state index contributed by atoms with van der Waals surface area (Å²) in [5.74, 6) is -0.261. The number of halogens is 1. The van der Waals surface area contributed by atoms with E-state index in [0.29, 0.717) is 39.0 Å². The van der Waals surface area contributed by atoms with E-state index in [1.807, 2.05) is 60.7 Å². The molecule has 0 unspecified atom stereocenters. The Morgan fingerprint density at radius 3 is 2.29 bits per heavy atom. The molecule has 0 aliphatic heterocycles. The first kappa shape index (κ1) is 21.9. The van der Waals surface area contributed by atoms with Crippen molar-refractivity contribution in [1.29, 1.82) is 0 Å². The second-order valence-corrected chi connectivity index (χ2v) is 8.51. The van der Waals surface area contributed by atoms with Crippen molar-refractivity contribution in [2.45, 2.75) is 6.92 Å². The van der Waals surface area contributed by atoms with Crippen molar-refractivity contribution in [1.82, 2.24) is 0 Å². The van der Waals surface area contributed by atoms with Gasteiger partial charge in [-0.3, -0.25) is 0 Å². The molecule has 5 aromatic rings. The summed E-state index contributed by atoms with van der Waals surface area (Å²) in [5.41, 5.74) is 1.98. The predicted molar refractivity (Wildman–Crippen MR) is 134 cm³/mol. The number of carbonyl (C=O) groups excluding carboxylic acids is 2. The second-order valence-electron chi connectivity index (χ2n) is 7.59. The van der Waals surface area contributed by atoms with Crippen LogP contribution in [0.1, 0.15) is 27.6 Å². The number of ether oxygens (including phenoxy) is 2. The fourth-order valence-electron chi connectivity index (χ4n) is 3.94. The zero-order valence-electron chi connectivity index (χ0n) is 18.2. The standard InChI is InChI=1S/C28H19BrO5/c1-2-32-28(31)24-22-16-23(33-27(30)18-11-8-12-19(29)15-18)20-13-6-7-14-21(20)26(22)34-25(24)17-9-4-3-5-10-17/h3-16H,2H2,1H3. The third-order valence-electron chi connectivity index (χ3n) is 5.44. The maximum atomic E-state index is 13.0. The number of fused-ring (bicyclic) bond motifs is 3. The van der Waals surface area contributed by atoms with E-state index in [0.717, 1.165) is 15.4 Å². The molecule has 0 fully saturated rings. The van der Waals surface area contributed by atoms with Crippen molar-refractivity contribution in [3.05, 3.63) is 101 Å². The molecule has 0 bridgehead atoms. The Labute approximate surface area is 204 Å². The molecule has 0 aliphatic rings. The molecule has 0 aliphatic carbocycles. The van der Waals surface area contributed by atoms with E-state index >= 15 is 0 Å². The molecule has 0 N–H and O–H groups in total. The zero-order valence-corrected chi connectivity index (χ0v) is 19.8. The summed E-state index contributed by atoms with van der Waals surface area (Å²) in [6.45, 7) is 1.97. The monoisotopic (exact) mass is 514 g/mol. The summed E-state index contributed by atoms with van der Waals surface area (Å²) < 4.78 is 18.2. The lowest BCUT2D eigenvalue weighted by molar-refractivity contribution is 0.0528. The number of carbonyl (C=O) groups is 2. The summed E-state index contributed by atoms with van der Waals surface area (Å²) in [5, 5.41) is 1.94. The number of furan rings is 1. The fraction of sp³-hybridized carbons (Fsp3) is 0.0714. The van der Waals surface area contributed by atoms with Crippen LogP contribution in [0.3, 0.4) is 0 Å². The summed E-state index contributed by atoms with van der Waals surface area (Å²) >= 11 is 3.38. The van der Waals surface area contributed by atoms with Crippen molar-refractivity contribution in [3.63, 3.8) is 0 Å². The SMILES string of the molecule is CCOC(=O)c1c(-c2ccccc2)oc2c1cc(OC(=O)c1cccc(Br)c1)c1ccccc12. The van der Waals surface area contributed by atoms with Gasteiger partial charge in [-0.05, 0) is 31.2 Å². The van der Waals surface area contributed by atoms with Gasteiger partial charge >= 0.3 is 11.9 Å². The van der Waals surface area contributed by atoms with Crippen molar-refractivity contribution < 1.29 is 23.5 Å². The molecule has 5 nitrogen and oxygen atoms in total. The van der Waals surface area contributed by atoms with Crippen LogP contribution in [0.25, 0.3) is 33.1 Å². The highest BCUT2D eigenvalue weighted by atomic mass is 79.9. The Morgan fingerprint density at radius 2 is 1.56 bits per heavy atom. The van der Waals surface area contributed by atoms with Gasteiger partial charge < -0.3 is 13.9 Å². The fourth-order valence-corrected chi connectivity index (χ4v) is 4.34. The first-order valence-electron chi connectivity index (χ1n) is 10.8. The van der Waals surface area contributed by atoms with Crippen molar-refractivity contribution >= 4 is 49.6 Å². The Kier molecular flexibility index (Phi) is 5.90. The van der Waals surface area contributed by atoms with E-state index in [2.05, 4.69) is 15.9 Å². The van der Waals surface area contributed by atoms with Crippen LogP contribution in [0.5, 0.6) is 5.75 Å². The maximum absolute atomic E-state index is 13.0. The molecule has 0 saturated carbocycles. The minimum absolute atomic E-state index is 0.220. The topological polar surface area (TPSA) is 65.7 Å². The van der Waals surface area contributed by atoms with Gasteiger partial charge in [-0.2, -0.15) is 0 Å². The molecule has 0 radical (unpaired) electrons. The van der Waals surface area contributed by atoms with E-state index < -0.39 is 11.9 Å². The van der Waals surface area contributed by atoms with Gasteiger partial charge in [0, 0.05) is 26.2 Å². The quantitative estimate of drug-likeness (QED) is 0.180. The Morgan fingerprint density at radius 1 is 0.824 bits per heavy atom. The number of benzene rings is 4. The largest absolute Gasteiger partial charge is 0.462 e. The van der Waals surface area contributed by atoms with Gasteiger partial charge in [-0.1, -0.05) is 76.6 Å². The third kappa shape index (κ3) is 3.97. The van der Waals surface area contributed by atoms with Crippen LogP contribution in [0.15, 0.2) is 93.8 Å². The van der Waals surface area contributed by atoms with Crippen LogP contribution in [0, 0.1) is 0 Å². The second kappa shape index (κ2) is 9.15. The highest BCUT2D eigenvalue weighted by molar-refractivity contribution is 9.10. The Balaban J connectivity index is 1.74. The third-order valence-corrected chi connectivity index (χ3v) is 5.93. The number of hydrogen-bond donors (Lipinski definition) is 0. The summed E-state index contributed by atoms with van der Waals surface area (Å²) in [6, 6.07) is 25.5. The van der Waals surface area contributed by atoms with Crippen molar-refractivity contribution in [2.24, 2.45) is 0 Å². The summed E-state index contributed by atoms with van der Waals surface area (Å²) in [7, 11) is 0. The van der Waals surface area contributed by atoms with Gasteiger partial charge in [-0.25, -0.2) is 9.59 Å². The first-order valence-corrected chi connectivity index (χ1v) is 11.5. The summed E-state index contributed by atoms with van der Waals surface area (Å²) in [4.78, 5) is 26.0. The average Bonchev–Trinajstić information content (AvgIpc) is 3.24. The molecule has 34 heavy (non-hydrogen) atoms. The van der Waals surface area contributed by atoms with E-state index in [1.165, 1.54) is 0 Å². The van der Waals surface area contributed by atoms with Crippen LogP contribution in [-0.2, 0) is 4.74 Å². The zero-order chi connectivity index (χ0) is 23.7. The molecule has 1 heterocycles. The number of esters is 2. The number of hydrogen-bond acceptors (Lipinski definition) is 5. The van der Waals surface area contributed by atoms with E-state index in [-0.39, 0.29) is 6.61 Å². The minimum Gasteiger partial charge on any atom is -0.462 e. The maximum Gasteiger partial charge on any atom is 0.343 e. The Hall–Kier alpha value is -3.90. The molecule has 1 aromatic heterocycles. The predicted octanol–water partition coefficient (Wildman–Crippen LogP) is 7.41. The summed E-state index contributed by atoms with van der Waals surface area (Å²) in [6.07, 6.45) is 0. The molecular weight excluding hydrogens is 496 g/mol. The van der Waals surface area contributed by atoms with E-state index in [4.69, 9.17) is 13.9 Å². The van der Waals surface area contributed by atoms with Gasteiger partial charge in [0.15, 0.2) is 0 Å². The highest BCUT2D eigenvalue weighted by Crippen LogP contribution is 2.41. The van der Waals surface area contributed by atoms with Gasteiger partial charge in [0.25, 0.3) is 0 Å². The van der Waals surface area contributed by atoms with Gasteiger partial charge in [0.2, 0.25) is 0 Å². The van der Waals surface area contributed by atoms with Crippen LogP contribution >= 0.6 is 15.9 Å². The van der Waals surface area contributed by atoms with Crippen molar-refractivity contribution in [2.75, 3.05) is 6.61 Å². The van der Waals surface area contributed by atoms with Gasteiger partial charge in [0.1, 0.15) is 22.7 Å². The van der Waals surface area contributed by atoms with Crippen molar-refractivity contribution in [3.8, 4) is 17.1 Å². The molecule has 0 amide bonds. The molecule has 6 heteroatoms. The first-order chi connectivity index (χ1) is 16.6. The van der Waals surface area contributed by atoms with Crippen LogP contribution < -0.4 is 4.74 Å². The van der Waals surface area contributed by atoms with Crippen LogP contribution in [-0.4, -0.2) is 18.5 Å².